The second-order valence-corrected chi connectivity index (χ2v) is 7.46. The highest BCUT2D eigenvalue weighted by atomic mass is 32.1. The fraction of sp³-hybridized carbons (Fsp3) is 0.350. The molecule has 0 aliphatic carbocycles. The van der Waals surface area contributed by atoms with Crippen LogP contribution < -0.4 is 14.8 Å². The predicted octanol–water partition coefficient (Wildman–Crippen LogP) is 3.42. The highest BCUT2D eigenvalue weighted by Crippen LogP contribution is 2.35. The summed E-state index contributed by atoms with van der Waals surface area (Å²) < 4.78 is 12.5. The average molecular weight is 401 g/mol. The van der Waals surface area contributed by atoms with Crippen LogP contribution in [0.4, 0.5) is 0 Å². The van der Waals surface area contributed by atoms with E-state index in [1.54, 1.807) is 14.2 Å². The molecule has 0 radical (unpaired) electrons. The van der Waals surface area contributed by atoms with Crippen molar-refractivity contribution in [2.24, 2.45) is 7.05 Å². The third kappa shape index (κ3) is 3.73. The van der Waals surface area contributed by atoms with Crippen molar-refractivity contribution in [1.29, 1.82) is 0 Å². The van der Waals surface area contributed by atoms with Crippen molar-refractivity contribution in [3.8, 4) is 22.1 Å². The normalized spacial score (nSPS) is 10.8. The maximum absolute atomic E-state index is 12.7. The molecule has 3 aromatic rings. The van der Waals surface area contributed by atoms with Gasteiger partial charge in [0, 0.05) is 30.4 Å². The molecule has 0 saturated heterocycles. The summed E-state index contributed by atoms with van der Waals surface area (Å²) >= 11 is 1.36. The van der Waals surface area contributed by atoms with Gasteiger partial charge in [-0.05, 0) is 39.0 Å². The molecular formula is C20H24N4O3S. The van der Waals surface area contributed by atoms with Crippen LogP contribution in [-0.2, 0) is 13.6 Å². The van der Waals surface area contributed by atoms with Crippen molar-refractivity contribution in [2.45, 2.75) is 27.3 Å². The molecule has 1 amide bonds. The van der Waals surface area contributed by atoms with E-state index in [2.05, 4.69) is 15.4 Å². The first-order chi connectivity index (χ1) is 13.3. The van der Waals surface area contributed by atoms with Gasteiger partial charge in [-0.25, -0.2) is 4.98 Å². The first-order valence-corrected chi connectivity index (χ1v) is 9.64. The summed E-state index contributed by atoms with van der Waals surface area (Å²) in [7, 11) is 5.09. The maximum Gasteiger partial charge on any atom is 0.263 e. The number of nitrogens with one attached hydrogen (secondary N) is 1. The minimum Gasteiger partial charge on any atom is -0.493 e. The van der Waals surface area contributed by atoms with Gasteiger partial charge in [0.1, 0.15) is 9.88 Å². The summed E-state index contributed by atoms with van der Waals surface area (Å²) in [6.45, 7) is 6.22. The lowest BCUT2D eigenvalue weighted by Gasteiger charge is -2.08. The molecule has 7 nitrogen and oxygen atoms in total. The number of rotatable bonds is 6. The Bertz CT molecular complexity index is 1020. The number of aryl methyl sites for hydroxylation is 3. The van der Waals surface area contributed by atoms with Gasteiger partial charge >= 0.3 is 0 Å². The van der Waals surface area contributed by atoms with Crippen LogP contribution in [0.5, 0.6) is 11.5 Å². The molecule has 0 fully saturated rings. The van der Waals surface area contributed by atoms with Gasteiger partial charge in [-0.3, -0.25) is 9.48 Å². The summed E-state index contributed by atoms with van der Waals surface area (Å²) in [5, 5.41) is 8.14. The highest BCUT2D eigenvalue weighted by molar-refractivity contribution is 7.17. The quantitative estimate of drug-likeness (QED) is 0.686. The lowest BCUT2D eigenvalue weighted by atomic mass is 10.2. The Labute approximate surface area is 168 Å². The molecule has 0 aliphatic heterocycles. The van der Waals surface area contributed by atoms with Crippen LogP contribution in [0.15, 0.2) is 18.2 Å². The molecule has 0 aliphatic rings. The predicted molar refractivity (Wildman–Crippen MR) is 109 cm³/mol. The monoisotopic (exact) mass is 400 g/mol. The van der Waals surface area contributed by atoms with Crippen LogP contribution in [0.3, 0.4) is 0 Å². The third-order valence-corrected chi connectivity index (χ3v) is 5.92. The lowest BCUT2D eigenvalue weighted by molar-refractivity contribution is 0.0954. The Balaban J connectivity index is 1.81. The molecule has 0 bridgehead atoms. The molecule has 0 spiro atoms. The second kappa shape index (κ2) is 8.02. The minimum absolute atomic E-state index is 0.135. The van der Waals surface area contributed by atoms with Gasteiger partial charge in [-0.1, -0.05) is 0 Å². The Morgan fingerprint density at radius 3 is 2.46 bits per heavy atom. The molecule has 1 N–H and O–H groups in total. The molecule has 28 heavy (non-hydrogen) atoms. The minimum atomic E-state index is -0.135. The van der Waals surface area contributed by atoms with Crippen molar-refractivity contribution >= 4 is 17.2 Å². The summed E-state index contributed by atoms with van der Waals surface area (Å²) in [5.41, 5.74) is 4.59. The lowest BCUT2D eigenvalue weighted by Crippen LogP contribution is -2.23. The Kier molecular flexibility index (Phi) is 5.69. The molecule has 148 valence electrons. The van der Waals surface area contributed by atoms with Crippen LogP contribution in [0.1, 0.15) is 32.3 Å². The van der Waals surface area contributed by atoms with Crippen LogP contribution in [0.25, 0.3) is 10.6 Å². The van der Waals surface area contributed by atoms with Crippen LogP contribution in [0, 0.1) is 20.8 Å². The maximum atomic E-state index is 12.7. The molecular weight excluding hydrogens is 376 g/mol. The number of hydrogen-bond donors (Lipinski definition) is 1. The van der Waals surface area contributed by atoms with Crippen molar-refractivity contribution in [3.63, 3.8) is 0 Å². The van der Waals surface area contributed by atoms with E-state index >= 15 is 0 Å². The molecule has 8 heteroatoms. The molecule has 2 aromatic heterocycles. The molecule has 3 rings (SSSR count). The number of hydrogen-bond acceptors (Lipinski definition) is 6. The van der Waals surface area contributed by atoms with E-state index in [1.165, 1.54) is 11.3 Å². The number of carbonyl (C=O) groups is 1. The molecule has 0 saturated carbocycles. The Morgan fingerprint density at radius 1 is 1.14 bits per heavy atom. The number of methoxy groups -OCH3 is 2. The third-order valence-electron chi connectivity index (χ3n) is 4.72. The number of ether oxygens (including phenoxy) is 2. The zero-order chi connectivity index (χ0) is 20.4. The van der Waals surface area contributed by atoms with Crippen LogP contribution >= 0.6 is 11.3 Å². The van der Waals surface area contributed by atoms with Crippen molar-refractivity contribution in [3.05, 3.63) is 45.7 Å². The van der Waals surface area contributed by atoms with Crippen molar-refractivity contribution < 1.29 is 14.3 Å². The standard InChI is InChI=1S/C20H24N4O3S/c1-11-15(13(3)24(4)23-11)10-21-19(25)18-12(2)22-20(28-18)14-7-8-16(26-5)17(9-14)27-6/h7-9H,10H2,1-6H3,(H,21,25). The first-order valence-electron chi connectivity index (χ1n) is 8.82. The van der Waals surface area contributed by atoms with Gasteiger partial charge in [0.2, 0.25) is 0 Å². The summed E-state index contributed by atoms with van der Waals surface area (Å²) in [6, 6.07) is 5.60. The Morgan fingerprint density at radius 2 is 1.86 bits per heavy atom. The second-order valence-electron chi connectivity index (χ2n) is 6.46. The van der Waals surface area contributed by atoms with E-state index in [1.807, 2.05) is 50.7 Å². The van der Waals surface area contributed by atoms with Crippen LogP contribution in [-0.4, -0.2) is 34.9 Å². The van der Waals surface area contributed by atoms with E-state index in [-0.39, 0.29) is 5.91 Å². The van der Waals surface area contributed by atoms with Crippen molar-refractivity contribution in [2.75, 3.05) is 14.2 Å². The van der Waals surface area contributed by atoms with Gasteiger partial charge in [0.15, 0.2) is 11.5 Å². The summed E-state index contributed by atoms with van der Waals surface area (Å²) in [5.74, 6) is 1.14. The number of nitrogens with zero attached hydrogens (tertiary/aromatic N) is 3. The van der Waals surface area contributed by atoms with Crippen LogP contribution in [0.2, 0.25) is 0 Å². The van der Waals surface area contributed by atoms with E-state index in [4.69, 9.17) is 9.47 Å². The SMILES string of the molecule is COc1ccc(-c2nc(C)c(C(=O)NCc3c(C)nn(C)c3C)s2)cc1OC. The van der Waals surface area contributed by atoms with E-state index in [0.29, 0.717) is 28.6 Å². The number of carbonyl (C=O) groups excluding carboxylic acids is 1. The number of aromatic nitrogens is 3. The molecule has 1 aromatic carbocycles. The molecule has 0 atom stereocenters. The fourth-order valence-corrected chi connectivity index (χ4v) is 4.00. The van der Waals surface area contributed by atoms with Gasteiger partial charge in [-0.2, -0.15) is 5.10 Å². The number of amides is 1. The number of thiazole rings is 1. The van der Waals surface area contributed by atoms with Gasteiger partial charge in [0.05, 0.1) is 25.6 Å². The molecule has 2 heterocycles. The first kappa shape index (κ1) is 19.9. The van der Waals surface area contributed by atoms with E-state index in [0.717, 1.165) is 27.5 Å². The highest BCUT2D eigenvalue weighted by Gasteiger charge is 2.18. The van der Waals surface area contributed by atoms with Gasteiger partial charge in [-0.15, -0.1) is 11.3 Å². The van der Waals surface area contributed by atoms with Crippen molar-refractivity contribution in [1.82, 2.24) is 20.1 Å². The Hall–Kier alpha value is -2.87. The summed E-state index contributed by atoms with van der Waals surface area (Å²) in [6.07, 6.45) is 0. The topological polar surface area (TPSA) is 78.3 Å². The largest absolute Gasteiger partial charge is 0.493 e. The summed E-state index contributed by atoms with van der Waals surface area (Å²) in [4.78, 5) is 17.9. The smallest absolute Gasteiger partial charge is 0.263 e. The zero-order valence-electron chi connectivity index (χ0n) is 16.9. The van der Waals surface area contributed by atoms with Gasteiger partial charge < -0.3 is 14.8 Å². The van der Waals surface area contributed by atoms with E-state index in [9.17, 15) is 4.79 Å². The zero-order valence-corrected chi connectivity index (χ0v) is 17.7. The number of benzene rings is 1. The molecule has 0 unspecified atom stereocenters. The van der Waals surface area contributed by atoms with E-state index < -0.39 is 0 Å². The fourth-order valence-electron chi connectivity index (χ4n) is 3.02. The average Bonchev–Trinajstić information content (AvgIpc) is 3.19. The van der Waals surface area contributed by atoms with Gasteiger partial charge in [0.25, 0.3) is 5.91 Å².